The first-order chi connectivity index (χ1) is 28.3. The zero-order valence-electron chi connectivity index (χ0n) is 38.9. The highest BCUT2D eigenvalue weighted by molar-refractivity contribution is 5.97. The van der Waals surface area contributed by atoms with E-state index in [0.717, 1.165) is 51.4 Å². The molecule has 0 bridgehead atoms. The minimum absolute atomic E-state index is 0.184. The van der Waals surface area contributed by atoms with Gasteiger partial charge >= 0.3 is 5.97 Å². The summed E-state index contributed by atoms with van der Waals surface area (Å²) in [5.41, 5.74) is 0. The summed E-state index contributed by atoms with van der Waals surface area (Å²) in [6.07, 6.45) is 8.74. The molecule has 16 nitrogen and oxygen atoms in total. The van der Waals surface area contributed by atoms with Gasteiger partial charge in [-0.3, -0.25) is 33.6 Å². The van der Waals surface area contributed by atoms with Gasteiger partial charge in [0, 0.05) is 28.2 Å². The van der Waals surface area contributed by atoms with E-state index in [4.69, 9.17) is 4.74 Å². The molecule has 0 unspecified atom stereocenters. The third-order valence-electron chi connectivity index (χ3n) is 11.9. The normalized spacial score (nSPS) is 26.7. The van der Waals surface area contributed by atoms with E-state index in [1.807, 2.05) is 27.7 Å². The maximum Gasteiger partial charge on any atom is 0.329 e. The Kier molecular flexibility index (Phi) is 24.7. The van der Waals surface area contributed by atoms with Gasteiger partial charge in [0.25, 0.3) is 5.91 Å². The summed E-state index contributed by atoms with van der Waals surface area (Å²) in [7, 11) is 5.80. The fourth-order valence-electron chi connectivity index (χ4n) is 6.91. The second kappa shape index (κ2) is 27.6. The number of carbonyl (C=O) groups excluding carboxylic acids is 8. The minimum atomic E-state index is -1.26. The number of nitrogens with zero attached hydrogens (tertiary/aromatic N) is 4. The van der Waals surface area contributed by atoms with Crippen molar-refractivity contribution in [1.29, 1.82) is 0 Å². The molecule has 1 saturated heterocycles. The summed E-state index contributed by atoms with van der Waals surface area (Å²) >= 11 is 0. The van der Waals surface area contributed by atoms with E-state index < -0.39 is 95.7 Å². The van der Waals surface area contributed by atoms with Crippen molar-refractivity contribution < 1.29 is 43.1 Å². The average Bonchev–Trinajstić information content (AvgIpc) is 3.23. The van der Waals surface area contributed by atoms with E-state index in [0.29, 0.717) is 25.7 Å². The topological polar surface area (TPSA) is 195 Å². The number of hydrogen-bond donors (Lipinski definition) is 3. The van der Waals surface area contributed by atoms with E-state index in [9.17, 15) is 38.4 Å². The Morgan fingerprint density at radius 2 is 0.667 bits per heavy atom. The number of unbranched alkanes of at least 4 members (excludes halogenated alkanes) is 8. The molecule has 7 amide bonds. The molecule has 1 heterocycles. The Morgan fingerprint density at radius 3 is 0.967 bits per heavy atom. The molecule has 0 aromatic heterocycles. The molecular weight excluding hydrogens is 771 g/mol. The lowest BCUT2D eigenvalue weighted by Gasteiger charge is -2.34. The molecule has 0 saturated carbocycles. The molecule has 0 aromatic rings. The van der Waals surface area contributed by atoms with Crippen LogP contribution in [0.25, 0.3) is 0 Å². The Hall–Kier alpha value is -4.24. The van der Waals surface area contributed by atoms with Gasteiger partial charge in [-0.1, -0.05) is 98.3 Å². The summed E-state index contributed by atoms with van der Waals surface area (Å²) in [5.74, 6) is -4.78. The van der Waals surface area contributed by atoms with Crippen LogP contribution in [0.3, 0.4) is 0 Å². The number of rotatable bonds is 16. The van der Waals surface area contributed by atoms with Gasteiger partial charge in [-0.2, -0.15) is 0 Å². The van der Waals surface area contributed by atoms with Crippen LogP contribution in [0, 0.1) is 0 Å². The number of amides is 7. The molecule has 1 fully saturated rings. The lowest BCUT2D eigenvalue weighted by molar-refractivity contribution is -0.167. The molecule has 8 atom stereocenters. The number of ether oxygens (including phenoxy) is 1. The smallest absolute Gasteiger partial charge is 0.329 e. The van der Waals surface area contributed by atoms with Crippen molar-refractivity contribution in [2.75, 3.05) is 28.2 Å². The molecule has 0 aromatic carbocycles. The molecule has 1 aliphatic heterocycles. The molecule has 0 radical (unpaired) electrons. The van der Waals surface area contributed by atoms with Crippen LogP contribution in [0.2, 0.25) is 0 Å². The lowest BCUT2D eigenvalue weighted by atomic mass is 10.0. The van der Waals surface area contributed by atoms with Gasteiger partial charge in [0.1, 0.15) is 42.3 Å². The maximum absolute atomic E-state index is 14.1. The summed E-state index contributed by atoms with van der Waals surface area (Å²) in [6, 6.07) is -7.39. The number of carbonyl (C=O) groups is 8. The molecular formula is C44H79N7O9. The van der Waals surface area contributed by atoms with Gasteiger partial charge in [0.05, 0.1) is 0 Å². The van der Waals surface area contributed by atoms with Crippen molar-refractivity contribution in [3.63, 3.8) is 0 Å². The van der Waals surface area contributed by atoms with Gasteiger partial charge < -0.3 is 40.3 Å². The van der Waals surface area contributed by atoms with Crippen molar-refractivity contribution in [3.8, 4) is 0 Å². The highest BCUT2D eigenvalue weighted by Gasteiger charge is 2.38. The van der Waals surface area contributed by atoms with Crippen molar-refractivity contribution in [3.05, 3.63) is 0 Å². The third-order valence-corrected chi connectivity index (χ3v) is 11.9. The van der Waals surface area contributed by atoms with E-state index in [-0.39, 0.29) is 25.7 Å². The first kappa shape index (κ1) is 53.8. The van der Waals surface area contributed by atoms with Crippen LogP contribution >= 0.6 is 0 Å². The number of likely N-dealkylation sites (N-methyl/N-ethyl adjacent to an activating group) is 4. The molecule has 60 heavy (non-hydrogen) atoms. The van der Waals surface area contributed by atoms with Gasteiger partial charge in [-0.15, -0.1) is 0 Å². The van der Waals surface area contributed by atoms with Crippen LogP contribution in [0.15, 0.2) is 0 Å². The van der Waals surface area contributed by atoms with Gasteiger partial charge in [0.2, 0.25) is 35.4 Å². The van der Waals surface area contributed by atoms with E-state index >= 15 is 0 Å². The summed E-state index contributed by atoms with van der Waals surface area (Å²) in [4.78, 5) is 116. The second-order valence-corrected chi connectivity index (χ2v) is 16.6. The second-order valence-electron chi connectivity index (χ2n) is 16.6. The predicted molar refractivity (Wildman–Crippen MR) is 231 cm³/mol. The molecule has 0 aliphatic carbocycles. The van der Waals surface area contributed by atoms with Gasteiger partial charge in [-0.25, -0.2) is 4.79 Å². The Labute approximate surface area is 360 Å². The van der Waals surface area contributed by atoms with Crippen molar-refractivity contribution in [2.24, 2.45) is 0 Å². The lowest BCUT2D eigenvalue weighted by Crippen LogP contribution is -2.59. The standard InChI is InChI=1S/C44H79N7O9/c1-13-17-21-25-33-40(55)49(10)30(6)38(53)47-35(27-23-19-15-3)42(57)51(12)32(8)44(59)60-36(28-24-20-16-4)43(58)50(11)31(7)39(54)46-34(26-22-18-14-2)41(56)48(9)29(5)37(52)45-33/h29-36H,13-28H2,1-12H3,(H,45,52)(H,46,54)(H,47,53)/t29-,30-,31-,32-,33+,34+,35+,36+/m1/s1. The monoisotopic (exact) mass is 850 g/mol. The zero-order valence-corrected chi connectivity index (χ0v) is 38.9. The molecule has 1 aliphatic rings. The van der Waals surface area contributed by atoms with E-state index in [2.05, 4.69) is 16.0 Å². The zero-order chi connectivity index (χ0) is 45.7. The largest absolute Gasteiger partial charge is 0.451 e. The molecule has 16 heteroatoms. The number of nitrogens with one attached hydrogen (secondary N) is 3. The Bertz CT molecular complexity index is 1220. The van der Waals surface area contributed by atoms with Crippen LogP contribution in [0.5, 0.6) is 0 Å². The summed E-state index contributed by atoms with van der Waals surface area (Å²) in [5, 5.41) is 8.47. The molecule has 3 N–H and O–H groups in total. The number of esters is 1. The Balaban J connectivity index is 3.81. The van der Waals surface area contributed by atoms with Crippen LogP contribution in [0.4, 0.5) is 0 Å². The predicted octanol–water partition coefficient (Wildman–Crippen LogP) is 4.08. The van der Waals surface area contributed by atoms with E-state index in [1.165, 1.54) is 75.5 Å². The van der Waals surface area contributed by atoms with Crippen LogP contribution in [-0.4, -0.2) is 144 Å². The Morgan fingerprint density at radius 1 is 0.400 bits per heavy atom. The third kappa shape index (κ3) is 16.3. The molecule has 1 rings (SSSR count). The molecule has 0 spiro atoms. The summed E-state index contributed by atoms with van der Waals surface area (Å²) in [6.45, 7) is 14.1. The molecule has 344 valence electrons. The van der Waals surface area contributed by atoms with Crippen molar-refractivity contribution >= 4 is 47.3 Å². The fourth-order valence-corrected chi connectivity index (χ4v) is 6.91. The fraction of sp³-hybridized carbons (Fsp3) is 0.818. The van der Waals surface area contributed by atoms with Crippen molar-refractivity contribution in [1.82, 2.24) is 35.6 Å². The van der Waals surface area contributed by atoms with Crippen LogP contribution < -0.4 is 16.0 Å². The SMILES string of the molecule is CCCCC[C@@H]1NC(=O)[C@@H](C)N(C)C(=O)[C@H](CCCCC)NC(=O)[C@@H](C)N(C)C(=O)[C@H](CCCCC)OC(=O)[C@@H](C)N(C)C(=O)[C@H](CCCCC)NC(=O)[C@@H](C)N(C)C1=O. The van der Waals surface area contributed by atoms with E-state index in [1.54, 1.807) is 0 Å². The minimum Gasteiger partial charge on any atom is -0.451 e. The highest BCUT2D eigenvalue weighted by atomic mass is 16.5. The average molecular weight is 850 g/mol. The van der Waals surface area contributed by atoms with Gasteiger partial charge in [-0.05, 0) is 59.8 Å². The van der Waals surface area contributed by atoms with Crippen LogP contribution in [0.1, 0.15) is 158 Å². The van der Waals surface area contributed by atoms with Gasteiger partial charge in [0.15, 0.2) is 6.10 Å². The first-order valence-electron chi connectivity index (χ1n) is 22.5. The number of cyclic esters (lactones) is 1. The maximum atomic E-state index is 14.1. The highest BCUT2D eigenvalue weighted by Crippen LogP contribution is 2.18. The first-order valence-corrected chi connectivity index (χ1v) is 22.5. The quantitative estimate of drug-likeness (QED) is 0.152. The summed E-state index contributed by atoms with van der Waals surface area (Å²) < 4.78 is 5.83. The van der Waals surface area contributed by atoms with Crippen LogP contribution in [-0.2, 0) is 43.1 Å². The number of hydrogen-bond acceptors (Lipinski definition) is 9. The van der Waals surface area contributed by atoms with Crippen molar-refractivity contribution in [2.45, 2.75) is 207 Å².